The number of ether oxygens (including phenoxy) is 1. The Morgan fingerprint density at radius 2 is 2.04 bits per heavy atom. The molecule has 0 bridgehead atoms. The molecule has 0 spiro atoms. The van der Waals surface area contributed by atoms with Crippen molar-refractivity contribution in [1.29, 1.82) is 0 Å². The Balaban J connectivity index is 1.61. The fraction of sp³-hybridized carbons (Fsp3) is 0.316. The molecule has 3 aromatic rings. The average molecular weight is 336 g/mol. The van der Waals surface area contributed by atoms with Crippen molar-refractivity contribution >= 4 is 0 Å². The van der Waals surface area contributed by atoms with Gasteiger partial charge in [0.2, 0.25) is 0 Å². The Bertz CT molecular complexity index is 891. The van der Waals surface area contributed by atoms with Gasteiger partial charge >= 0.3 is 0 Å². The van der Waals surface area contributed by atoms with Crippen LogP contribution in [0.1, 0.15) is 18.3 Å². The van der Waals surface area contributed by atoms with Crippen LogP contribution in [0.3, 0.4) is 0 Å². The van der Waals surface area contributed by atoms with Crippen LogP contribution in [0.4, 0.5) is 0 Å². The van der Waals surface area contributed by atoms with Gasteiger partial charge in [-0.15, -0.1) is 0 Å². The molecule has 2 aromatic heterocycles. The summed E-state index contributed by atoms with van der Waals surface area (Å²) in [4.78, 5) is 8.83. The number of nitrogens with one attached hydrogen (secondary N) is 1. The number of hydrogen-bond donors (Lipinski definition) is 1. The Labute approximate surface area is 146 Å². The minimum atomic E-state index is 0.295. The van der Waals surface area contributed by atoms with Crippen LogP contribution in [0.2, 0.25) is 0 Å². The molecule has 0 aliphatic carbocycles. The van der Waals surface area contributed by atoms with Crippen molar-refractivity contribution in [3.8, 4) is 28.3 Å². The number of aromatic nitrogens is 3. The van der Waals surface area contributed by atoms with Crippen molar-refractivity contribution in [2.45, 2.75) is 25.8 Å². The summed E-state index contributed by atoms with van der Waals surface area (Å²) >= 11 is 0. The molecule has 0 radical (unpaired) electrons. The first-order valence-electron chi connectivity index (χ1n) is 8.44. The number of rotatable bonds is 5. The van der Waals surface area contributed by atoms with Crippen LogP contribution < -0.4 is 10.1 Å². The Morgan fingerprint density at radius 3 is 2.92 bits per heavy atom. The molecule has 1 N–H and O–H groups in total. The summed E-state index contributed by atoms with van der Waals surface area (Å²) < 4.78 is 11.0. The third-order valence-corrected chi connectivity index (χ3v) is 4.46. The van der Waals surface area contributed by atoms with Gasteiger partial charge in [0.15, 0.2) is 5.82 Å². The quantitative estimate of drug-likeness (QED) is 0.772. The molecule has 25 heavy (non-hydrogen) atoms. The fourth-order valence-electron chi connectivity index (χ4n) is 2.91. The van der Waals surface area contributed by atoms with Crippen LogP contribution in [-0.4, -0.2) is 34.8 Å². The number of pyridine rings is 1. The first kappa shape index (κ1) is 15.8. The zero-order chi connectivity index (χ0) is 17.2. The van der Waals surface area contributed by atoms with Crippen molar-refractivity contribution in [3.05, 3.63) is 48.0 Å². The molecule has 1 atom stereocenters. The van der Waals surface area contributed by atoms with E-state index in [9.17, 15) is 0 Å². The molecule has 1 aliphatic heterocycles. The molecule has 4 rings (SSSR count). The van der Waals surface area contributed by atoms with Gasteiger partial charge in [0.1, 0.15) is 5.75 Å². The molecule has 128 valence electrons. The summed E-state index contributed by atoms with van der Waals surface area (Å²) in [7, 11) is 1.92. The van der Waals surface area contributed by atoms with Gasteiger partial charge in [0, 0.05) is 36.8 Å². The van der Waals surface area contributed by atoms with E-state index in [4.69, 9.17) is 9.26 Å². The van der Waals surface area contributed by atoms with Crippen LogP contribution in [0.15, 0.2) is 41.2 Å². The SMILES string of the molecule is CNC(C)Cc1noc(-c2cncc(-c3ccc4c(c3)CCO4)c2)n1. The molecular weight excluding hydrogens is 316 g/mol. The summed E-state index contributed by atoms with van der Waals surface area (Å²) in [5, 5.41) is 7.23. The van der Waals surface area contributed by atoms with Gasteiger partial charge in [-0.05, 0) is 43.3 Å². The second kappa shape index (κ2) is 6.64. The smallest absolute Gasteiger partial charge is 0.259 e. The topological polar surface area (TPSA) is 73.1 Å². The van der Waals surface area contributed by atoms with E-state index in [0.29, 0.717) is 17.8 Å². The molecule has 1 aliphatic rings. The number of hydrogen-bond acceptors (Lipinski definition) is 6. The molecule has 3 heterocycles. The van der Waals surface area contributed by atoms with E-state index in [0.717, 1.165) is 41.9 Å². The molecule has 1 unspecified atom stereocenters. The van der Waals surface area contributed by atoms with Crippen molar-refractivity contribution in [1.82, 2.24) is 20.4 Å². The van der Waals surface area contributed by atoms with Gasteiger partial charge in [-0.2, -0.15) is 4.98 Å². The van der Waals surface area contributed by atoms with Crippen molar-refractivity contribution in [2.75, 3.05) is 13.7 Å². The maximum absolute atomic E-state index is 5.57. The zero-order valence-electron chi connectivity index (χ0n) is 14.3. The molecule has 6 heteroatoms. The lowest BCUT2D eigenvalue weighted by Crippen LogP contribution is -2.24. The van der Waals surface area contributed by atoms with Crippen molar-refractivity contribution in [2.24, 2.45) is 0 Å². The van der Waals surface area contributed by atoms with E-state index >= 15 is 0 Å². The fourth-order valence-corrected chi connectivity index (χ4v) is 2.91. The predicted molar refractivity (Wildman–Crippen MR) is 94.4 cm³/mol. The number of nitrogens with zero attached hydrogens (tertiary/aromatic N) is 3. The molecule has 0 saturated heterocycles. The highest BCUT2D eigenvalue weighted by atomic mass is 16.5. The monoisotopic (exact) mass is 336 g/mol. The summed E-state index contributed by atoms with van der Waals surface area (Å²) in [6.45, 7) is 2.84. The van der Waals surface area contributed by atoms with E-state index in [-0.39, 0.29) is 0 Å². The maximum Gasteiger partial charge on any atom is 0.259 e. The summed E-state index contributed by atoms with van der Waals surface area (Å²) in [5.41, 5.74) is 4.20. The van der Waals surface area contributed by atoms with E-state index in [1.807, 2.05) is 25.4 Å². The molecular formula is C19H20N4O2. The summed E-state index contributed by atoms with van der Waals surface area (Å²) in [6, 6.07) is 8.57. The standard InChI is InChI=1S/C19H20N4O2/c1-12(20-2)7-18-22-19(25-23-18)16-9-15(10-21-11-16)13-3-4-17-14(8-13)5-6-24-17/h3-4,8-12,20H,5-7H2,1-2H3. The number of fused-ring (bicyclic) bond motifs is 1. The lowest BCUT2D eigenvalue weighted by molar-refractivity contribution is 0.357. The van der Waals surface area contributed by atoms with Crippen LogP contribution >= 0.6 is 0 Å². The van der Waals surface area contributed by atoms with Crippen LogP contribution in [0.25, 0.3) is 22.6 Å². The Kier molecular flexibility index (Phi) is 4.19. The van der Waals surface area contributed by atoms with Gasteiger partial charge in [0.25, 0.3) is 5.89 Å². The summed E-state index contributed by atoms with van der Waals surface area (Å²) in [6.07, 6.45) is 5.27. The van der Waals surface area contributed by atoms with Crippen LogP contribution in [0.5, 0.6) is 5.75 Å². The summed E-state index contributed by atoms with van der Waals surface area (Å²) in [5.74, 6) is 2.17. The molecule has 0 saturated carbocycles. The first-order chi connectivity index (χ1) is 12.2. The van der Waals surface area contributed by atoms with E-state index < -0.39 is 0 Å². The third-order valence-electron chi connectivity index (χ3n) is 4.46. The second-order valence-electron chi connectivity index (χ2n) is 6.29. The minimum Gasteiger partial charge on any atom is -0.493 e. The van der Waals surface area contributed by atoms with Gasteiger partial charge < -0.3 is 14.6 Å². The van der Waals surface area contributed by atoms with E-state index in [1.165, 1.54) is 5.56 Å². The van der Waals surface area contributed by atoms with Crippen molar-refractivity contribution in [3.63, 3.8) is 0 Å². The van der Waals surface area contributed by atoms with E-state index in [1.54, 1.807) is 6.20 Å². The lowest BCUT2D eigenvalue weighted by atomic mass is 10.0. The number of benzene rings is 1. The maximum atomic E-state index is 5.57. The highest BCUT2D eigenvalue weighted by Crippen LogP contribution is 2.31. The van der Waals surface area contributed by atoms with Gasteiger partial charge in [-0.1, -0.05) is 11.2 Å². The van der Waals surface area contributed by atoms with Gasteiger partial charge in [0.05, 0.1) is 12.2 Å². The van der Waals surface area contributed by atoms with Gasteiger partial charge in [-0.25, -0.2) is 0 Å². The predicted octanol–water partition coefficient (Wildman–Crippen LogP) is 2.88. The highest BCUT2D eigenvalue weighted by Gasteiger charge is 2.15. The van der Waals surface area contributed by atoms with Crippen molar-refractivity contribution < 1.29 is 9.26 Å². The molecule has 6 nitrogen and oxygen atoms in total. The normalized spacial score (nSPS) is 14.2. The molecule has 1 aromatic carbocycles. The van der Waals surface area contributed by atoms with E-state index in [2.05, 4.69) is 39.5 Å². The first-order valence-corrected chi connectivity index (χ1v) is 8.44. The minimum absolute atomic E-state index is 0.295. The number of likely N-dealkylation sites (N-methyl/N-ethyl adjacent to an activating group) is 1. The Hall–Kier alpha value is -2.73. The van der Waals surface area contributed by atoms with Gasteiger partial charge in [-0.3, -0.25) is 4.98 Å². The Morgan fingerprint density at radius 1 is 1.16 bits per heavy atom. The lowest BCUT2D eigenvalue weighted by Gasteiger charge is -2.05. The zero-order valence-corrected chi connectivity index (χ0v) is 14.3. The average Bonchev–Trinajstić information content (AvgIpc) is 3.30. The largest absolute Gasteiger partial charge is 0.493 e. The van der Waals surface area contributed by atoms with Crippen LogP contribution in [-0.2, 0) is 12.8 Å². The van der Waals surface area contributed by atoms with Crippen LogP contribution in [0, 0.1) is 0 Å². The third kappa shape index (κ3) is 3.25. The second-order valence-corrected chi connectivity index (χ2v) is 6.29. The highest BCUT2D eigenvalue weighted by molar-refractivity contribution is 5.70. The molecule has 0 fully saturated rings. The molecule has 0 amide bonds.